The number of rotatable bonds is 5. The van der Waals surface area contributed by atoms with E-state index < -0.39 is 0 Å². The van der Waals surface area contributed by atoms with E-state index in [1.165, 1.54) is 6.33 Å². The molecule has 1 aliphatic heterocycles. The van der Waals surface area contributed by atoms with Gasteiger partial charge in [0.2, 0.25) is 5.88 Å². The Morgan fingerprint density at radius 2 is 1.62 bits per heavy atom. The lowest BCUT2D eigenvalue weighted by molar-refractivity contribution is -0.116. The van der Waals surface area contributed by atoms with E-state index in [2.05, 4.69) is 15.3 Å². The van der Waals surface area contributed by atoms with Gasteiger partial charge in [0.25, 0.3) is 0 Å². The van der Waals surface area contributed by atoms with Crippen LogP contribution in [0.15, 0.2) is 66.2 Å². The summed E-state index contributed by atoms with van der Waals surface area (Å²) < 4.78 is 16.7. The SMILES string of the molecule is COc1ccc(Nc2ncnc3c2C(c2ccc(OC)cc2)C2=C(CCCC2=O)O3)cc1. The van der Waals surface area contributed by atoms with Crippen LogP contribution in [0.1, 0.15) is 36.3 Å². The number of fused-ring (bicyclic) bond motifs is 1. The lowest BCUT2D eigenvalue weighted by Gasteiger charge is -2.33. The van der Waals surface area contributed by atoms with Gasteiger partial charge in [0.05, 0.1) is 19.8 Å². The van der Waals surface area contributed by atoms with E-state index in [0.717, 1.165) is 41.2 Å². The molecule has 2 heterocycles. The molecule has 32 heavy (non-hydrogen) atoms. The average Bonchev–Trinajstić information content (AvgIpc) is 2.84. The van der Waals surface area contributed by atoms with Gasteiger partial charge in [-0.1, -0.05) is 12.1 Å². The number of Topliss-reactive ketones (excluding diaryl/α,β-unsaturated/α-hetero) is 1. The molecule has 0 amide bonds. The third-order valence-electron chi connectivity index (χ3n) is 5.85. The molecule has 0 fully saturated rings. The first-order valence-corrected chi connectivity index (χ1v) is 10.5. The van der Waals surface area contributed by atoms with Crippen molar-refractivity contribution < 1.29 is 19.0 Å². The molecular weight excluding hydrogens is 406 g/mol. The van der Waals surface area contributed by atoms with E-state index in [1.807, 2.05) is 48.5 Å². The summed E-state index contributed by atoms with van der Waals surface area (Å²) in [5.74, 6) is 3.10. The van der Waals surface area contributed by atoms with Crippen LogP contribution in [-0.2, 0) is 4.79 Å². The molecule has 1 unspecified atom stereocenters. The van der Waals surface area contributed by atoms with Gasteiger partial charge in [0, 0.05) is 30.0 Å². The van der Waals surface area contributed by atoms with Crippen LogP contribution in [0.4, 0.5) is 11.5 Å². The lowest BCUT2D eigenvalue weighted by atomic mass is 9.77. The van der Waals surface area contributed by atoms with Crippen molar-refractivity contribution in [2.45, 2.75) is 25.2 Å². The topological polar surface area (TPSA) is 82.6 Å². The molecule has 2 aliphatic rings. The minimum atomic E-state index is -0.325. The number of allylic oxidation sites excluding steroid dienone is 2. The zero-order valence-corrected chi connectivity index (χ0v) is 17.9. The van der Waals surface area contributed by atoms with Crippen molar-refractivity contribution in [2.24, 2.45) is 0 Å². The monoisotopic (exact) mass is 429 g/mol. The molecule has 2 aromatic carbocycles. The van der Waals surface area contributed by atoms with Crippen molar-refractivity contribution in [2.75, 3.05) is 19.5 Å². The molecule has 162 valence electrons. The van der Waals surface area contributed by atoms with Gasteiger partial charge < -0.3 is 19.5 Å². The molecule has 0 saturated carbocycles. The lowest BCUT2D eigenvalue weighted by Crippen LogP contribution is -2.27. The predicted octanol–water partition coefficient (Wildman–Crippen LogP) is 4.77. The van der Waals surface area contributed by atoms with Gasteiger partial charge in [0.1, 0.15) is 29.4 Å². The average molecular weight is 429 g/mol. The summed E-state index contributed by atoms with van der Waals surface area (Å²) in [5, 5.41) is 3.37. The summed E-state index contributed by atoms with van der Waals surface area (Å²) >= 11 is 0. The molecule has 1 aromatic heterocycles. The maximum atomic E-state index is 13.0. The molecule has 0 radical (unpaired) electrons. The molecule has 0 bridgehead atoms. The van der Waals surface area contributed by atoms with Crippen molar-refractivity contribution in [3.05, 3.63) is 77.3 Å². The smallest absolute Gasteiger partial charge is 0.228 e. The first-order valence-electron chi connectivity index (χ1n) is 10.5. The minimum Gasteiger partial charge on any atom is -0.497 e. The van der Waals surface area contributed by atoms with Crippen molar-refractivity contribution in [1.82, 2.24) is 9.97 Å². The standard InChI is InChI=1S/C25H23N3O4/c1-30-17-10-6-15(7-11-17)21-22-19(29)4-3-5-20(22)32-25-23(21)24(26-14-27-25)28-16-8-12-18(31-2)13-9-16/h6-14,21H,3-5H2,1-2H3,(H,26,27,28). The van der Waals surface area contributed by atoms with Crippen LogP contribution >= 0.6 is 0 Å². The molecule has 1 N–H and O–H groups in total. The van der Waals surface area contributed by atoms with E-state index in [4.69, 9.17) is 14.2 Å². The number of aromatic nitrogens is 2. The van der Waals surface area contributed by atoms with Gasteiger partial charge in [0.15, 0.2) is 5.78 Å². The van der Waals surface area contributed by atoms with Crippen molar-refractivity contribution in [3.63, 3.8) is 0 Å². The number of hydrogen-bond donors (Lipinski definition) is 1. The fourth-order valence-electron chi connectivity index (χ4n) is 4.28. The molecular formula is C25H23N3O4. The fourth-order valence-corrected chi connectivity index (χ4v) is 4.28. The summed E-state index contributed by atoms with van der Waals surface area (Å²) in [4.78, 5) is 22.0. The summed E-state index contributed by atoms with van der Waals surface area (Å²) in [5.41, 5.74) is 3.25. The Kier molecular flexibility index (Phi) is 5.23. The van der Waals surface area contributed by atoms with E-state index >= 15 is 0 Å². The van der Waals surface area contributed by atoms with E-state index in [1.54, 1.807) is 14.2 Å². The Morgan fingerprint density at radius 3 is 2.31 bits per heavy atom. The Morgan fingerprint density at radius 1 is 0.938 bits per heavy atom. The summed E-state index contributed by atoms with van der Waals surface area (Å²) in [6.07, 6.45) is 3.49. The first kappa shape index (κ1) is 20.1. The van der Waals surface area contributed by atoms with Crippen LogP contribution in [0, 0.1) is 0 Å². The normalized spacial score (nSPS) is 17.2. The van der Waals surface area contributed by atoms with E-state index in [0.29, 0.717) is 29.5 Å². The first-order chi connectivity index (χ1) is 15.7. The number of methoxy groups -OCH3 is 2. The zero-order valence-electron chi connectivity index (χ0n) is 17.9. The molecule has 7 heteroatoms. The fraction of sp³-hybridized carbons (Fsp3) is 0.240. The van der Waals surface area contributed by atoms with Crippen molar-refractivity contribution in [1.29, 1.82) is 0 Å². The number of nitrogens with zero attached hydrogens (tertiary/aromatic N) is 2. The van der Waals surface area contributed by atoms with Crippen LogP contribution < -0.4 is 19.5 Å². The third kappa shape index (κ3) is 3.56. The zero-order chi connectivity index (χ0) is 22.1. The Bertz CT molecular complexity index is 1190. The maximum absolute atomic E-state index is 13.0. The van der Waals surface area contributed by atoms with Crippen LogP contribution in [0.2, 0.25) is 0 Å². The second kappa shape index (κ2) is 8.34. The number of ketones is 1. The Hall–Kier alpha value is -3.87. The largest absolute Gasteiger partial charge is 0.497 e. The minimum absolute atomic E-state index is 0.108. The van der Waals surface area contributed by atoms with Crippen LogP contribution in [-0.4, -0.2) is 30.0 Å². The number of benzene rings is 2. The molecule has 0 saturated heterocycles. The predicted molar refractivity (Wildman–Crippen MR) is 120 cm³/mol. The number of anilines is 2. The highest BCUT2D eigenvalue weighted by Crippen LogP contribution is 2.48. The summed E-state index contributed by atoms with van der Waals surface area (Å²) in [6.45, 7) is 0. The Labute approximate surface area is 186 Å². The number of carbonyl (C=O) groups is 1. The molecule has 7 nitrogen and oxygen atoms in total. The summed E-state index contributed by atoms with van der Waals surface area (Å²) in [6, 6.07) is 15.3. The quantitative estimate of drug-likeness (QED) is 0.626. The second-order valence-electron chi connectivity index (χ2n) is 7.72. The highest BCUT2D eigenvalue weighted by atomic mass is 16.5. The van der Waals surface area contributed by atoms with Gasteiger partial charge >= 0.3 is 0 Å². The molecule has 0 spiro atoms. The van der Waals surface area contributed by atoms with E-state index in [9.17, 15) is 4.79 Å². The highest BCUT2D eigenvalue weighted by molar-refractivity contribution is 6.00. The highest BCUT2D eigenvalue weighted by Gasteiger charge is 2.39. The number of nitrogens with one attached hydrogen (secondary N) is 1. The molecule has 3 aromatic rings. The van der Waals surface area contributed by atoms with Crippen molar-refractivity contribution >= 4 is 17.3 Å². The van der Waals surface area contributed by atoms with Gasteiger partial charge in [-0.25, -0.2) is 9.97 Å². The Balaban J connectivity index is 1.63. The maximum Gasteiger partial charge on any atom is 0.228 e. The van der Waals surface area contributed by atoms with Gasteiger partial charge in [-0.3, -0.25) is 4.79 Å². The molecule has 1 atom stereocenters. The van der Waals surface area contributed by atoms with Gasteiger partial charge in [-0.2, -0.15) is 0 Å². The van der Waals surface area contributed by atoms with E-state index in [-0.39, 0.29) is 11.7 Å². The third-order valence-corrected chi connectivity index (χ3v) is 5.85. The van der Waals surface area contributed by atoms with Crippen molar-refractivity contribution in [3.8, 4) is 17.4 Å². The second-order valence-corrected chi connectivity index (χ2v) is 7.72. The van der Waals surface area contributed by atoms with Gasteiger partial charge in [-0.15, -0.1) is 0 Å². The summed E-state index contributed by atoms with van der Waals surface area (Å²) in [7, 11) is 3.27. The van der Waals surface area contributed by atoms with Crippen LogP contribution in [0.5, 0.6) is 17.4 Å². The van der Waals surface area contributed by atoms with Crippen LogP contribution in [0.25, 0.3) is 0 Å². The number of ether oxygens (including phenoxy) is 3. The number of hydrogen-bond acceptors (Lipinski definition) is 7. The van der Waals surface area contributed by atoms with Gasteiger partial charge in [-0.05, 0) is 48.4 Å². The van der Waals surface area contributed by atoms with Crippen LogP contribution in [0.3, 0.4) is 0 Å². The molecule has 1 aliphatic carbocycles. The molecule has 5 rings (SSSR count). The number of carbonyl (C=O) groups excluding carboxylic acids is 1.